The van der Waals surface area contributed by atoms with Gasteiger partial charge < -0.3 is 10.1 Å². The molecular formula is C9H17N5O. The Morgan fingerprint density at radius 1 is 1.60 bits per heavy atom. The number of anilines is 2. The molecular weight excluding hydrogens is 194 g/mol. The molecule has 0 saturated carbocycles. The first kappa shape index (κ1) is 11.7. The number of hydrazine groups is 1. The molecule has 0 saturated heterocycles. The Bertz CT molecular complexity index is 294. The van der Waals surface area contributed by atoms with Crippen LogP contribution in [0.25, 0.3) is 0 Å². The normalized spacial score (nSPS) is 12.2. The topological polar surface area (TPSA) is 85.1 Å². The van der Waals surface area contributed by atoms with Gasteiger partial charge in [0.1, 0.15) is 5.82 Å². The van der Waals surface area contributed by atoms with Crippen molar-refractivity contribution in [1.82, 2.24) is 9.97 Å². The lowest BCUT2D eigenvalue weighted by atomic mass is 10.3. The van der Waals surface area contributed by atoms with Crippen LogP contribution in [0, 0.1) is 0 Å². The van der Waals surface area contributed by atoms with Crippen LogP contribution in [0.3, 0.4) is 0 Å². The molecule has 0 aromatic carbocycles. The summed E-state index contributed by atoms with van der Waals surface area (Å²) in [6.07, 6.45) is 1.64. The summed E-state index contributed by atoms with van der Waals surface area (Å²) in [6, 6.07) is 1.98. The maximum atomic E-state index is 5.28. The summed E-state index contributed by atoms with van der Waals surface area (Å²) in [6.45, 7) is 5.35. The van der Waals surface area contributed by atoms with Crippen LogP contribution in [0.15, 0.2) is 12.3 Å². The molecule has 1 atom stereocenters. The Labute approximate surface area is 89.2 Å². The van der Waals surface area contributed by atoms with Crippen LogP contribution in [0.2, 0.25) is 0 Å². The number of rotatable bonds is 6. The van der Waals surface area contributed by atoms with Crippen molar-refractivity contribution in [3.05, 3.63) is 12.3 Å². The van der Waals surface area contributed by atoms with Crippen molar-refractivity contribution in [3.8, 4) is 0 Å². The van der Waals surface area contributed by atoms with Gasteiger partial charge in [0.05, 0.1) is 6.61 Å². The first-order valence-corrected chi connectivity index (χ1v) is 4.90. The fourth-order valence-electron chi connectivity index (χ4n) is 1.10. The number of nitrogens with one attached hydrogen (secondary N) is 2. The van der Waals surface area contributed by atoms with E-state index in [0.717, 1.165) is 5.82 Å². The maximum Gasteiger partial charge on any atom is 0.239 e. The van der Waals surface area contributed by atoms with Crippen LogP contribution in [-0.2, 0) is 4.74 Å². The molecule has 0 fully saturated rings. The number of nitrogens with zero attached hydrogens (tertiary/aromatic N) is 2. The van der Waals surface area contributed by atoms with Crippen LogP contribution < -0.4 is 16.6 Å². The summed E-state index contributed by atoms with van der Waals surface area (Å²) in [7, 11) is 0. The highest BCUT2D eigenvalue weighted by Crippen LogP contribution is 2.06. The standard InChI is InChI=1S/C9H17N5O/c1-3-15-6-7(2)12-8-4-5-11-9(13-8)14-10/h4-5,7H,3,6,10H2,1-2H3,(H2,11,12,13,14). The molecule has 1 aromatic heterocycles. The molecule has 0 spiro atoms. The third-order valence-corrected chi connectivity index (χ3v) is 1.75. The van der Waals surface area contributed by atoms with Gasteiger partial charge in [0, 0.05) is 18.8 Å². The lowest BCUT2D eigenvalue weighted by Crippen LogP contribution is -2.22. The Morgan fingerprint density at radius 3 is 3.07 bits per heavy atom. The third-order valence-electron chi connectivity index (χ3n) is 1.75. The minimum Gasteiger partial charge on any atom is -0.380 e. The highest BCUT2D eigenvalue weighted by Gasteiger charge is 2.03. The molecule has 0 aliphatic carbocycles. The second-order valence-electron chi connectivity index (χ2n) is 3.11. The molecule has 1 unspecified atom stereocenters. The summed E-state index contributed by atoms with van der Waals surface area (Å²) in [5.41, 5.74) is 2.39. The maximum absolute atomic E-state index is 5.28. The van der Waals surface area contributed by atoms with Crippen molar-refractivity contribution in [2.45, 2.75) is 19.9 Å². The Hall–Kier alpha value is -1.40. The lowest BCUT2D eigenvalue weighted by molar-refractivity contribution is 0.141. The fourth-order valence-corrected chi connectivity index (χ4v) is 1.10. The predicted molar refractivity (Wildman–Crippen MR) is 59.4 cm³/mol. The van der Waals surface area contributed by atoms with Gasteiger partial charge >= 0.3 is 0 Å². The van der Waals surface area contributed by atoms with Crippen molar-refractivity contribution >= 4 is 11.8 Å². The molecule has 1 heterocycles. The van der Waals surface area contributed by atoms with Gasteiger partial charge in [-0.3, -0.25) is 5.43 Å². The van der Waals surface area contributed by atoms with Crippen molar-refractivity contribution in [3.63, 3.8) is 0 Å². The van der Waals surface area contributed by atoms with Crippen molar-refractivity contribution in [1.29, 1.82) is 0 Å². The highest BCUT2D eigenvalue weighted by atomic mass is 16.5. The predicted octanol–water partition coefficient (Wildman–Crippen LogP) is 0.599. The van der Waals surface area contributed by atoms with Gasteiger partial charge in [-0.25, -0.2) is 10.8 Å². The minimum atomic E-state index is 0.200. The minimum absolute atomic E-state index is 0.200. The zero-order chi connectivity index (χ0) is 11.1. The summed E-state index contributed by atoms with van der Waals surface area (Å²) >= 11 is 0. The van der Waals surface area contributed by atoms with E-state index in [9.17, 15) is 0 Å². The molecule has 15 heavy (non-hydrogen) atoms. The summed E-state index contributed by atoms with van der Waals surface area (Å²) in [5.74, 6) is 6.32. The van der Waals surface area contributed by atoms with Gasteiger partial charge in [0.2, 0.25) is 5.95 Å². The zero-order valence-electron chi connectivity index (χ0n) is 9.03. The molecule has 6 heteroatoms. The van der Waals surface area contributed by atoms with Crippen LogP contribution >= 0.6 is 0 Å². The molecule has 84 valence electrons. The first-order chi connectivity index (χ1) is 7.26. The number of aromatic nitrogens is 2. The number of hydrogen-bond donors (Lipinski definition) is 3. The number of nitrogen functional groups attached to an aromatic ring is 1. The number of nitrogens with two attached hydrogens (primary N) is 1. The average molecular weight is 211 g/mol. The Balaban J connectivity index is 2.48. The van der Waals surface area contributed by atoms with Crippen LogP contribution in [0.1, 0.15) is 13.8 Å². The molecule has 1 rings (SSSR count). The van der Waals surface area contributed by atoms with Crippen LogP contribution in [-0.4, -0.2) is 29.2 Å². The third kappa shape index (κ3) is 4.09. The van der Waals surface area contributed by atoms with Crippen molar-refractivity contribution in [2.24, 2.45) is 5.84 Å². The average Bonchev–Trinajstić information content (AvgIpc) is 2.26. The monoisotopic (exact) mass is 211 g/mol. The number of ether oxygens (including phenoxy) is 1. The van der Waals surface area contributed by atoms with E-state index in [-0.39, 0.29) is 6.04 Å². The van der Waals surface area contributed by atoms with Gasteiger partial charge in [-0.05, 0) is 19.9 Å². The second kappa shape index (κ2) is 6.15. The number of hydrogen-bond acceptors (Lipinski definition) is 6. The molecule has 0 aliphatic heterocycles. The van der Waals surface area contributed by atoms with Gasteiger partial charge in [-0.15, -0.1) is 0 Å². The van der Waals surface area contributed by atoms with Gasteiger partial charge in [-0.1, -0.05) is 0 Å². The van der Waals surface area contributed by atoms with Gasteiger partial charge in [0.25, 0.3) is 0 Å². The van der Waals surface area contributed by atoms with E-state index in [4.69, 9.17) is 10.6 Å². The summed E-state index contributed by atoms with van der Waals surface area (Å²) in [4.78, 5) is 8.03. The summed E-state index contributed by atoms with van der Waals surface area (Å²) < 4.78 is 5.28. The molecule has 0 amide bonds. The van der Waals surface area contributed by atoms with E-state index in [1.807, 2.05) is 13.8 Å². The van der Waals surface area contributed by atoms with Crippen molar-refractivity contribution in [2.75, 3.05) is 24.0 Å². The second-order valence-corrected chi connectivity index (χ2v) is 3.11. The SMILES string of the molecule is CCOCC(C)Nc1ccnc(NN)n1. The van der Waals surface area contributed by atoms with E-state index >= 15 is 0 Å². The largest absolute Gasteiger partial charge is 0.380 e. The van der Waals surface area contributed by atoms with E-state index in [1.165, 1.54) is 0 Å². The molecule has 1 aromatic rings. The fraction of sp³-hybridized carbons (Fsp3) is 0.556. The van der Waals surface area contributed by atoms with E-state index in [1.54, 1.807) is 12.3 Å². The molecule has 6 nitrogen and oxygen atoms in total. The first-order valence-electron chi connectivity index (χ1n) is 4.90. The quantitative estimate of drug-likeness (QED) is 0.472. The van der Waals surface area contributed by atoms with Gasteiger partial charge in [-0.2, -0.15) is 4.98 Å². The van der Waals surface area contributed by atoms with E-state index < -0.39 is 0 Å². The van der Waals surface area contributed by atoms with Gasteiger partial charge in [0.15, 0.2) is 0 Å². The Kier molecular flexibility index (Phi) is 4.79. The molecule has 0 radical (unpaired) electrons. The van der Waals surface area contributed by atoms with Crippen LogP contribution in [0.4, 0.5) is 11.8 Å². The Morgan fingerprint density at radius 2 is 2.40 bits per heavy atom. The molecule has 4 N–H and O–H groups in total. The zero-order valence-corrected chi connectivity index (χ0v) is 9.03. The van der Waals surface area contributed by atoms with Crippen molar-refractivity contribution < 1.29 is 4.74 Å². The lowest BCUT2D eigenvalue weighted by Gasteiger charge is -2.14. The smallest absolute Gasteiger partial charge is 0.239 e. The highest BCUT2D eigenvalue weighted by molar-refractivity contribution is 5.39. The summed E-state index contributed by atoms with van der Waals surface area (Å²) in [5, 5.41) is 3.18. The van der Waals surface area contributed by atoms with E-state index in [0.29, 0.717) is 19.2 Å². The molecule has 0 bridgehead atoms. The molecule has 0 aliphatic rings. The van der Waals surface area contributed by atoms with E-state index in [2.05, 4.69) is 20.7 Å². The van der Waals surface area contributed by atoms with Crippen LogP contribution in [0.5, 0.6) is 0 Å².